The van der Waals surface area contributed by atoms with Crippen LogP contribution in [0, 0.1) is 19.8 Å². The van der Waals surface area contributed by atoms with Gasteiger partial charge in [0.15, 0.2) is 6.61 Å². The molecule has 2 aromatic rings. The van der Waals surface area contributed by atoms with Gasteiger partial charge in [0.25, 0.3) is 5.91 Å². The molecular weight excluding hydrogens is 472 g/mol. The Balaban J connectivity index is 1.62. The highest BCUT2D eigenvalue weighted by atomic mass is 79.9. The minimum absolute atomic E-state index is 0.0898. The fourth-order valence-electron chi connectivity index (χ4n) is 4.00. The first-order chi connectivity index (χ1) is 15.2. The Morgan fingerprint density at radius 3 is 2.41 bits per heavy atom. The molecule has 1 atom stereocenters. The topological polar surface area (TPSA) is 75.7 Å². The second kappa shape index (κ2) is 10.3. The zero-order valence-electron chi connectivity index (χ0n) is 19.0. The number of benzene rings is 2. The van der Waals surface area contributed by atoms with Gasteiger partial charge in [-0.3, -0.25) is 14.4 Å². The van der Waals surface area contributed by atoms with E-state index in [-0.39, 0.29) is 25.5 Å². The Bertz CT molecular complexity index is 1030. The third-order valence-electron chi connectivity index (χ3n) is 5.82. The van der Waals surface area contributed by atoms with Crippen molar-refractivity contribution < 1.29 is 19.1 Å². The molecule has 0 aliphatic carbocycles. The number of hydrogen-bond donors (Lipinski definition) is 1. The minimum atomic E-state index is -0.582. The van der Waals surface area contributed by atoms with Crippen molar-refractivity contribution in [2.75, 3.05) is 23.4 Å². The van der Waals surface area contributed by atoms with Crippen LogP contribution in [0.1, 0.15) is 42.5 Å². The Morgan fingerprint density at radius 2 is 1.78 bits per heavy atom. The van der Waals surface area contributed by atoms with Crippen LogP contribution in [-0.4, -0.2) is 30.9 Å². The largest absolute Gasteiger partial charge is 0.455 e. The molecule has 0 spiro atoms. The number of carbonyl (C=O) groups excluding carboxylic acids is 3. The van der Waals surface area contributed by atoms with E-state index < -0.39 is 17.8 Å². The van der Waals surface area contributed by atoms with Crippen molar-refractivity contribution in [3.8, 4) is 0 Å². The van der Waals surface area contributed by atoms with Gasteiger partial charge in [0.2, 0.25) is 5.91 Å². The highest BCUT2D eigenvalue weighted by molar-refractivity contribution is 9.10. The Hall–Kier alpha value is -2.67. The number of anilines is 2. The zero-order chi connectivity index (χ0) is 23.4. The minimum Gasteiger partial charge on any atom is -0.455 e. The molecule has 32 heavy (non-hydrogen) atoms. The van der Waals surface area contributed by atoms with Gasteiger partial charge >= 0.3 is 5.97 Å². The van der Waals surface area contributed by atoms with Gasteiger partial charge in [-0.2, -0.15) is 0 Å². The van der Waals surface area contributed by atoms with Gasteiger partial charge in [0, 0.05) is 28.8 Å². The van der Waals surface area contributed by atoms with Gasteiger partial charge in [-0.1, -0.05) is 48.0 Å². The van der Waals surface area contributed by atoms with E-state index in [1.165, 1.54) is 0 Å². The van der Waals surface area contributed by atoms with E-state index in [2.05, 4.69) is 35.1 Å². The Morgan fingerprint density at radius 1 is 1.12 bits per heavy atom. The molecule has 1 saturated heterocycles. The summed E-state index contributed by atoms with van der Waals surface area (Å²) in [6.07, 6.45) is 1.70. The number of ether oxygens (including phenoxy) is 1. The van der Waals surface area contributed by atoms with E-state index in [0.29, 0.717) is 5.69 Å². The SMILES string of the molecule is CCc1cccc(CC)c1N1C[C@H](C(=O)OCC(=O)Nc2cc(C)c(Br)cc2C)CC1=O. The number of aryl methyl sites for hydroxylation is 4. The number of nitrogens with one attached hydrogen (secondary N) is 1. The van der Waals surface area contributed by atoms with Crippen LogP contribution in [0.5, 0.6) is 0 Å². The highest BCUT2D eigenvalue weighted by Crippen LogP contribution is 2.33. The van der Waals surface area contributed by atoms with Crippen molar-refractivity contribution >= 4 is 45.1 Å². The van der Waals surface area contributed by atoms with Crippen molar-refractivity contribution in [3.63, 3.8) is 0 Å². The molecule has 1 heterocycles. The normalized spacial score (nSPS) is 15.7. The van der Waals surface area contributed by atoms with Crippen LogP contribution in [-0.2, 0) is 32.0 Å². The van der Waals surface area contributed by atoms with Crippen LogP contribution in [0.15, 0.2) is 34.8 Å². The summed E-state index contributed by atoms with van der Waals surface area (Å²) in [5.41, 5.74) is 5.66. The molecule has 1 aliphatic heterocycles. The molecule has 1 N–H and O–H groups in total. The summed E-state index contributed by atoms with van der Waals surface area (Å²) in [5, 5.41) is 2.78. The lowest BCUT2D eigenvalue weighted by Gasteiger charge is -2.23. The molecule has 0 unspecified atom stereocenters. The Kier molecular flexibility index (Phi) is 7.72. The predicted octanol–water partition coefficient (Wildman–Crippen LogP) is 4.73. The number of para-hydroxylation sites is 1. The summed E-state index contributed by atoms with van der Waals surface area (Å²) in [4.78, 5) is 39.4. The third-order valence-corrected chi connectivity index (χ3v) is 6.67. The van der Waals surface area contributed by atoms with E-state index in [1.807, 2.05) is 44.2 Å². The van der Waals surface area contributed by atoms with Gasteiger partial charge in [0.1, 0.15) is 0 Å². The first-order valence-electron chi connectivity index (χ1n) is 10.9. The van der Waals surface area contributed by atoms with Crippen LogP contribution < -0.4 is 10.2 Å². The molecule has 0 radical (unpaired) electrons. The quantitative estimate of drug-likeness (QED) is 0.557. The molecule has 2 amide bonds. The molecule has 6 nitrogen and oxygen atoms in total. The average molecular weight is 501 g/mol. The first kappa shape index (κ1) is 24.0. The van der Waals surface area contributed by atoms with E-state index in [0.717, 1.165) is 45.3 Å². The molecule has 0 aromatic heterocycles. The molecule has 3 rings (SSSR count). The maximum Gasteiger partial charge on any atom is 0.311 e. The van der Waals surface area contributed by atoms with Crippen molar-refractivity contribution in [1.82, 2.24) is 0 Å². The fourth-order valence-corrected chi connectivity index (χ4v) is 4.46. The number of rotatable bonds is 7. The van der Waals surface area contributed by atoms with Gasteiger partial charge in [0.05, 0.1) is 5.92 Å². The van der Waals surface area contributed by atoms with Crippen molar-refractivity contribution in [3.05, 3.63) is 57.1 Å². The fraction of sp³-hybridized carbons (Fsp3) is 0.400. The number of esters is 1. The molecule has 1 fully saturated rings. The molecule has 170 valence electrons. The molecular formula is C25H29BrN2O4. The van der Waals surface area contributed by atoms with Crippen molar-refractivity contribution in [2.45, 2.75) is 47.0 Å². The van der Waals surface area contributed by atoms with E-state index >= 15 is 0 Å². The maximum atomic E-state index is 12.7. The number of halogens is 1. The summed E-state index contributed by atoms with van der Waals surface area (Å²) in [6, 6.07) is 9.82. The number of nitrogens with zero attached hydrogens (tertiary/aromatic N) is 1. The highest BCUT2D eigenvalue weighted by Gasteiger charge is 2.37. The lowest BCUT2D eigenvalue weighted by Crippen LogP contribution is -2.29. The molecule has 1 aliphatic rings. The summed E-state index contributed by atoms with van der Waals surface area (Å²) < 4.78 is 6.22. The zero-order valence-corrected chi connectivity index (χ0v) is 20.5. The maximum absolute atomic E-state index is 12.7. The van der Waals surface area contributed by atoms with Gasteiger partial charge in [-0.25, -0.2) is 0 Å². The van der Waals surface area contributed by atoms with E-state index in [4.69, 9.17) is 4.74 Å². The first-order valence-corrected chi connectivity index (χ1v) is 11.7. The van der Waals surface area contributed by atoms with E-state index in [1.54, 1.807) is 4.90 Å². The second-order valence-corrected chi connectivity index (χ2v) is 8.96. The van der Waals surface area contributed by atoms with Crippen LogP contribution in [0.2, 0.25) is 0 Å². The molecule has 2 aromatic carbocycles. The number of hydrogen-bond acceptors (Lipinski definition) is 4. The van der Waals surface area contributed by atoms with Crippen LogP contribution in [0.3, 0.4) is 0 Å². The monoisotopic (exact) mass is 500 g/mol. The molecule has 0 bridgehead atoms. The Labute approximate surface area is 197 Å². The number of amides is 2. The van der Waals surface area contributed by atoms with Gasteiger partial charge in [-0.15, -0.1) is 0 Å². The van der Waals surface area contributed by atoms with Crippen molar-refractivity contribution in [2.24, 2.45) is 5.92 Å². The third kappa shape index (κ3) is 5.21. The van der Waals surface area contributed by atoms with Gasteiger partial charge < -0.3 is 15.0 Å². The van der Waals surface area contributed by atoms with Crippen LogP contribution in [0.25, 0.3) is 0 Å². The summed E-state index contributed by atoms with van der Waals surface area (Å²) in [7, 11) is 0. The average Bonchev–Trinajstić information content (AvgIpc) is 3.16. The summed E-state index contributed by atoms with van der Waals surface area (Å²) in [5.74, 6) is -1.60. The lowest BCUT2D eigenvalue weighted by molar-refractivity contribution is -0.151. The number of carbonyl (C=O) groups is 3. The lowest BCUT2D eigenvalue weighted by atomic mass is 10.0. The summed E-state index contributed by atoms with van der Waals surface area (Å²) in [6.45, 7) is 7.82. The predicted molar refractivity (Wildman–Crippen MR) is 129 cm³/mol. The summed E-state index contributed by atoms with van der Waals surface area (Å²) >= 11 is 3.46. The van der Waals surface area contributed by atoms with Crippen LogP contribution >= 0.6 is 15.9 Å². The van der Waals surface area contributed by atoms with E-state index in [9.17, 15) is 14.4 Å². The smallest absolute Gasteiger partial charge is 0.311 e. The molecule has 7 heteroatoms. The van der Waals surface area contributed by atoms with Crippen molar-refractivity contribution in [1.29, 1.82) is 0 Å². The standard InChI is InChI=1S/C25H29BrN2O4/c1-5-17-8-7-9-18(6-2)24(17)28-13-19(12-23(28)30)25(31)32-14-22(29)27-21-11-15(3)20(26)10-16(21)4/h7-11,19H,5-6,12-14H2,1-4H3,(H,27,29)/t19-/m1/s1. The molecule has 0 saturated carbocycles. The van der Waals surface area contributed by atoms with Gasteiger partial charge in [-0.05, 0) is 61.1 Å². The van der Waals surface area contributed by atoms with Crippen LogP contribution in [0.4, 0.5) is 11.4 Å². The second-order valence-electron chi connectivity index (χ2n) is 8.11.